The van der Waals surface area contributed by atoms with Gasteiger partial charge in [-0.3, -0.25) is 9.28 Å². The summed E-state index contributed by atoms with van der Waals surface area (Å²) in [5.74, 6) is 0.173. The molecule has 0 radical (unpaired) electrons. The smallest absolute Gasteiger partial charge is 0.217 e. The van der Waals surface area contributed by atoms with Gasteiger partial charge in [0, 0.05) is 5.56 Å². The van der Waals surface area contributed by atoms with Gasteiger partial charge in [-0.1, -0.05) is 54.6 Å². The Hall–Kier alpha value is -1.71. The van der Waals surface area contributed by atoms with E-state index < -0.39 is 0 Å². The molecule has 0 amide bonds. The summed E-state index contributed by atoms with van der Waals surface area (Å²) in [7, 11) is 2.11. The highest BCUT2D eigenvalue weighted by Gasteiger charge is 2.27. The van der Waals surface area contributed by atoms with Crippen molar-refractivity contribution in [1.29, 1.82) is 0 Å². The summed E-state index contributed by atoms with van der Waals surface area (Å²) in [6.07, 6.45) is 4.15. The largest absolute Gasteiger partial charge is 1.00 e. The van der Waals surface area contributed by atoms with Crippen molar-refractivity contribution in [2.45, 2.75) is 6.92 Å². The van der Waals surface area contributed by atoms with Crippen molar-refractivity contribution >= 4 is 11.5 Å². The van der Waals surface area contributed by atoms with Crippen LogP contribution in [0.2, 0.25) is 0 Å². The van der Waals surface area contributed by atoms with Crippen LogP contribution in [-0.2, 0) is 0 Å². The maximum absolute atomic E-state index is 12.6. The zero-order valence-corrected chi connectivity index (χ0v) is 14.7. The minimum absolute atomic E-state index is 0. The Labute approximate surface area is 143 Å². The molecule has 1 unspecified atom stereocenters. The van der Waals surface area contributed by atoms with Crippen LogP contribution in [0.15, 0.2) is 72.8 Å². The van der Waals surface area contributed by atoms with E-state index >= 15 is 0 Å². The molecule has 116 valence electrons. The van der Waals surface area contributed by atoms with Crippen LogP contribution in [0.4, 0.5) is 5.69 Å². The van der Waals surface area contributed by atoms with Crippen molar-refractivity contribution < 1.29 is 21.8 Å². The van der Waals surface area contributed by atoms with E-state index in [4.69, 9.17) is 0 Å². The third kappa shape index (κ3) is 4.65. The van der Waals surface area contributed by atoms with Crippen LogP contribution in [0.25, 0.3) is 0 Å². The van der Waals surface area contributed by atoms with E-state index in [0.29, 0.717) is 11.0 Å². The number of para-hydroxylation sites is 1. The number of quaternary nitrogens is 1. The van der Waals surface area contributed by atoms with E-state index in [1.54, 1.807) is 0 Å². The molecule has 0 aliphatic heterocycles. The molecule has 2 nitrogen and oxygen atoms in total. The van der Waals surface area contributed by atoms with Crippen LogP contribution in [0, 0.1) is 0 Å². The molecular weight excluding hydrogens is 338 g/mol. The first-order valence-electron chi connectivity index (χ1n) is 7.25. The molecule has 0 saturated carbocycles. The molecule has 2 aromatic carbocycles. The number of halogens is 1. The van der Waals surface area contributed by atoms with Crippen LogP contribution in [0.3, 0.4) is 0 Å². The Morgan fingerprint density at radius 3 is 2.09 bits per heavy atom. The molecule has 0 aromatic heterocycles. The maximum atomic E-state index is 12.6. The number of likely N-dealkylation sites (N-methyl/N-ethyl adjacent to an activating group) is 1. The van der Waals surface area contributed by atoms with E-state index in [0.717, 1.165) is 17.8 Å². The van der Waals surface area contributed by atoms with Crippen LogP contribution >= 0.6 is 0 Å². The SMILES string of the molecule is C/C=C/C[N+](C)(CC(=O)c1ccccc1)c1ccccc1.[Br-]. The monoisotopic (exact) mass is 359 g/mol. The molecule has 3 heteroatoms. The number of Topliss-reactive ketones (excluding diaryl/α,β-unsaturated/α-hetero) is 1. The van der Waals surface area contributed by atoms with Gasteiger partial charge < -0.3 is 17.0 Å². The normalized spacial score (nSPS) is 13.4. The number of hydrogen-bond donors (Lipinski definition) is 0. The molecule has 0 aliphatic rings. The molecule has 22 heavy (non-hydrogen) atoms. The number of carbonyl (C=O) groups excluding carboxylic acids is 1. The fraction of sp³-hybridized carbons (Fsp3) is 0.211. The Morgan fingerprint density at radius 1 is 1.00 bits per heavy atom. The minimum Gasteiger partial charge on any atom is -1.00 e. The number of ketones is 1. The fourth-order valence-corrected chi connectivity index (χ4v) is 2.42. The predicted octanol–water partition coefficient (Wildman–Crippen LogP) is 1.09. The van der Waals surface area contributed by atoms with Crippen molar-refractivity contribution in [1.82, 2.24) is 4.48 Å². The van der Waals surface area contributed by atoms with E-state index in [9.17, 15) is 4.79 Å². The fourth-order valence-electron chi connectivity index (χ4n) is 2.42. The summed E-state index contributed by atoms with van der Waals surface area (Å²) < 4.78 is 0.582. The van der Waals surface area contributed by atoms with Crippen molar-refractivity contribution in [3.05, 3.63) is 78.4 Å². The molecule has 0 N–H and O–H groups in total. The predicted molar refractivity (Wildman–Crippen MR) is 89.5 cm³/mol. The minimum atomic E-state index is 0. The van der Waals surface area contributed by atoms with Gasteiger partial charge in [0.2, 0.25) is 5.78 Å². The molecule has 0 fully saturated rings. The van der Waals surface area contributed by atoms with Crippen molar-refractivity contribution in [2.75, 3.05) is 20.1 Å². The first kappa shape index (κ1) is 18.3. The highest BCUT2D eigenvalue weighted by molar-refractivity contribution is 5.98. The zero-order valence-electron chi connectivity index (χ0n) is 13.1. The summed E-state index contributed by atoms with van der Waals surface area (Å²) in [5, 5.41) is 0. The molecule has 0 spiro atoms. The molecular formula is C19H22BrNO. The molecule has 2 rings (SSSR count). The van der Waals surface area contributed by atoms with Crippen molar-refractivity contribution in [3.63, 3.8) is 0 Å². The van der Waals surface area contributed by atoms with Gasteiger partial charge in [-0.05, 0) is 25.1 Å². The van der Waals surface area contributed by atoms with Crippen LogP contribution < -0.4 is 21.5 Å². The average molecular weight is 360 g/mol. The second-order valence-corrected chi connectivity index (χ2v) is 5.43. The quantitative estimate of drug-likeness (QED) is 0.428. The maximum Gasteiger partial charge on any atom is 0.217 e. The summed E-state index contributed by atoms with van der Waals surface area (Å²) >= 11 is 0. The number of hydrogen-bond acceptors (Lipinski definition) is 1. The van der Waals surface area contributed by atoms with Gasteiger partial charge in [-0.15, -0.1) is 0 Å². The standard InChI is InChI=1S/C19H22NO.BrH/c1-3-4-15-20(2,18-13-9-6-10-14-18)16-19(21)17-11-7-5-8-12-17;/h3-14H,15-16H2,1-2H3;1H/q+1;/p-1/b4-3+;. The Kier molecular flexibility index (Phi) is 7.22. The van der Waals surface area contributed by atoms with Gasteiger partial charge in [0.15, 0.2) is 0 Å². The second kappa shape index (κ2) is 8.66. The Bertz CT molecular complexity index is 610. The highest BCUT2D eigenvalue weighted by atomic mass is 79.9. The third-order valence-electron chi connectivity index (χ3n) is 3.71. The summed E-state index contributed by atoms with van der Waals surface area (Å²) in [6, 6.07) is 19.7. The lowest BCUT2D eigenvalue weighted by atomic mass is 10.1. The van der Waals surface area contributed by atoms with Gasteiger partial charge in [0.1, 0.15) is 18.8 Å². The summed E-state index contributed by atoms with van der Waals surface area (Å²) in [6.45, 7) is 3.27. The van der Waals surface area contributed by atoms with Crippen LogP contribution in [0.1, 0.15) is 17.3 Å². The molecule has 2 aromatic rings. The van der Waals surface area contributed by atoms with Crippen molar-refractivity contribution in [2.24, 2.45) is 0 Å². The van der Waals surface area contributed by atoms with E-state index in [1.807, 2.05) is 61.5 Å². The van der Waals surface area contributed by atoms with E-state index in [1.165, 1.54) is 0 Å². The average Bonchev–Trinajstić information content (AvgIpc) is 2.54. The molecule has 0 bridgehead atoms. The van der Waals surface area contributed by atoms with Gasteiger partial charge in [0.25, 0.3) is 0 Å². The molecule has 0 saturated heterocycles. The molecule has 0 aliphatic carbocycles. The number of benzene rings is 2. The Morgan fingerprint density at radius 2 is 1.55 bits per heavy atom. The van der Waals surface area contributed by atoms with Gasteiger partial charge >= 0.3 is 0 Å². The Balaban J connectivity index is 0.00000242. The zero-order chi connectivity index (χ0) is 15.1. The summed E-state index contributed by atoms with van der Waals surface area (Å²) in [4.78, 5) is 12.6. The number of rotatable bonds is 6. The van der Waals surface area contributed by atoms with Crippen molar-refractivity contribution in [3.8, 4) is 0 Å². The van der Waals surface area contributed by atoms with Crippen LogP contribution in [0.5, 0.6) is 0 Å². The lowest BCUT2D eigenvalue weighted by Crippen LogP contribution is -3.00. The first-order valence-corrected chi connectivity index (χ1v) is 7.25. The van der Waals surface area contributed by atoms with Gasteiger partial charge in [-0.2, -0.15) is 0 Å². The first-order chi connectivity index (χ1) is 10.2. The third-order valence-corrected chi connectivity index (χ3v) is 3.71. The topological polar surface area (TPSA) is 17.1 Å². The molecule has 0 heterocycles. The molecule has 1 atom stereocenters. The number of nitrogens with zero attached hydrogens (tertiary/aromatic N) is 1. The number of carbonyl (C=O) groups is 1. The van der Waals surface area contributed by atoms with E-state index in [2.05, 4.69) is 25.3 Å². The van der Waals surface area contributed by atoms with Gasteiger partial charge in [-0.25, -0.2) is 0 Å². The van der Waals surface area contributed by atoms with E-state index in [-0.39, 0.29) is 22.8 Å². The lowest BCUT2D eigenvalue weighted by Gasteiger charge is -2.32. The number of allylic oxidation sites excluding steroid dienone is 1. The highest BCUT2D eigenvalue weighted by Crippen LogP contribution is 2.21. The van der Waals surface area contributed by atoms with Crippen LogP contribution in [-0.4, -0.2) is 25.9 Å². The lowest BCUT2D eigenvalue weighted by molar-refractivity contribution is -0.0000128. The summed E-state index contributed by atoms with van der Waals surface area (Å²) in [5.41, 5.74) is 1.93. The second-order valence-electron chi connectivity index (χ2n) is 5.43. The van der Waals surface area contributed by atoms with Gasteiger partial charge in [0.05, 0.1) is 7.05 Å².